The fraction of sp³-hybridized carbons (Fsp3) is 0.0556. The number of hydrazone groups is 1. The highest BCUT2D eigenvalue weighted by atomic mass is 35.5. The van der Waals surface area contributed by atoms with E-state index in [4.69, 9.17) is 39.5 Å². The SMILES string of the molecule is O=C(COc1cccc(Cl)c1Cl)N/N=C/c1cc2ccccc2nc1Cl. The minimum Gasteiger partial charge on any atom is -0.482 e. The normalized spacial score (nSPS) is 11.0. The first-order valence-corrected chi connectivity index (χ1v) is 8.62. The van der Waals surface area contributed by atoms with Crippen LogP contribution in [-0.4, -0.2) is 23.7 Å². The van der Waals surface area contributed by atoms with E-state index >= 15 is 0 Å². The molecule has 0 aliphatic rings. The summed E-state index contributed by atoms with van der Waals surface area (Å²) in [6.07, 6.45) is 1.42. The molecule has 1 aromatic heterocycles. The monoisotopic (exact) mass is 407 g/mol. The van der Waals surface area contributed by atoms with Crippen molar-refractivity contribution >= 4 is 57.8 Å². The van der Waals surface area contributed by atoms with Gasteiger partial charge in [-0.05, 0) is 24.3 Å². The first kappa shape index (κ1) is 18.5. The predicted molar refractivity (Wildman–Crippen MR) is 104 cm³/mol. The van der Waals surface area contributed by atoms with Crippen LogP contribution < -0.4 is 10.2 Å². The van der Waals surface area contributed by atoms with Gasteiger partial charge in [-0.25, -0.2) is 10.4 Å². The Bertz CT molecular complexity index is 993. The molecule has 1 amide bonds. The van der Waals surface area contributed by atoms with Gasteiger partial charge in [0.1, 0.15) is 15.9 Å². The van der Waals surface area contributed by atoms with Gasteiger partial charge in [0.05, 0.1) is 16.8 Å². The van der Waals surface area contributed by atoms with Crippen LogP contribution in [0.15, 0.2) is 53.6 Å². The number of amides is 1. The molecule has 132 valence electrons. The smallest absolute Gasteiger partial charge is 0.277 e. The van der Waals surface area contributed by atoms with Crippen molar-refractivity contribution in [2.75, 3.05) is 6.61 Å². The maximum atomic E-state index is 11.8. The van der Waals surface area contributed by atoms with Crippen molar-refractivity contribution < 1.29 is 9.53 Å². The number of benzene rings is 2. The minimum absolute atomic E-state index is 0.250. The summed E-state index contributed by atoms with van der Waals surface area (Å²) in [5.41, 5.74) is 3.72. The lowest BCUT2D eigenvalue weighted by Crippen LogP contribution is -2.24. The fourth-order valence-corrected chi connectivity index (χ4v) is 2.69. The Balaban J connectivity index is 1.60. The van der Waals surface area contributed by atoms with Crippen molar-refractivity contribution in [3.05, 3.63) is 69.3 Å². The lowest BCUT2D eigenvalue weighted by Gasteiger charge is -2.07. The summed E-state index contributed by atoms with van der Waals surface area (Å²) in [7, 11) is 0. The highest BCUT2D eigenvalue weighted by Gasteiger charge is 2.08. The Hall–Kier alpha value is -2.34. The topological polar surface area (TPSA) is 63.6 Å². The lowest BCUT2D eigenvalue weighted by molar-refractivity contribution is -0.123. The zero-order valence-electron chi connectivity index (χ0n) is 13.2. The van der Waals surface area contributed by atoms with Crippen molar-refractivity contribution in [3.8, 4) is 5.75 Å². The number of ether oxygens (including phenoxy) is 1. The van der Waals surface area contributed by atoms with Gasteiger partial charge in [0.2, 0.25) is 0 Å². The lowest BCUT2D eigenvalue weighted by atomic mass is 10.2. The molecule has 0 saturated carbocycles. The van der Waals surface area contributed by atoms with Crippen molar-refractivity contribution in [1.82, 2.24) is 10.4 Å². The summed E-state index contributed by atoms with van der Waals surface area (Å²) in [6, 6.07) is 14.3. The Kier molecular flexibility index (Phi) is 5.93. The van der Waals surface area contributed by atoms with Crippen LogP contribution in [-0.2, 0) is 4.79 Å². The van der Waals surface area contributed by atoms with Gasteiger partial charge in [0.15, 0.2) is 6.61 Å². The molecule has 1 heterocycles. The zero-order valence-corrected chi connectivity index (χ0v) is 15.5. The number of hydrogen-bond acceptors (Lipinski definition) is 4. The van der Waals surface area contributed by atoms with E-state index in [-0.39, 0.29) is 11.6 Å². The van der Waals surface area contributed by atoms with Crippen LogP contribution in [0.25, 0.3) is 10.9 Å². The zero-order chi connectivity index (χ0) is 18.5. The molecule has 0 unspecified atom stereocenters. The van der Waals surface area contributed by atoms with E-state index in [0.29, 0.717) is 21.5 Å². The van der Waals surface area contributed by atoms with Crippen LogP contribution in [0.5, 0.6) is 5.75 Å². The molecule has 0 aliphatic carbocycles. The van der Waals surface area contributed by atoms with E-state index in [2.05, 4.69) is 15.5 Å². The molecule has 0 fully saturated rings. The molecule has 0 atom stereocenters. The molecule has 26 heavy (non-hydrogen) atoms. The molecule has 3 aromatic rings. The van der Waals surface area contributed by atoms with E-state index < -0.39 is 5.91 Å². The van der Waals surface area contributed by atoms with Gasteiger partial charge in [0, 0.05) is 10.9 Å². The summed E-state index contributed by atoms with van der Waals surface area (Å²) in [4.78, 5) is 16.1. The molecular formula is C18H12Cl3N3O2. The summed E-state index contributed by atoms with van der Waals surface area (Å²) in [5, 5.41) is 5.69. The van der Waals surface area contributed by atoms with E-state index in [9.17, 15) is 4.79 Å². The molecular weight excluding hydrogens is 397 g/mol. The molecule has 1 N–H and O–H groups in total. The molecule has 0 saturated heterocycles. The van der Waals surface area contributed by atoms with Gasteiger partial charge in [-0.2, -0.15) is 5.10 Å². The predicted octanol–water partition coefficient (Wildman–Crippen LogP) is 4.72. The number of nitrogens with zero attached hydrogens (tertiary/aromatic N) is 2. The van der Waals surface area contributed by atoms with Gasteiger partial charge in [0.25, 0.3) is 5.91 Å². The highest BCUT2D eigenvalue weighted by molar-refractivity contribution is 6.42. The van der Waals surface area contributed by atoms with Crippen molar-refractivity contribution in [2.45, 2.75) is 0 Å². The van der Waals surface area contributed by atoms with E-state index in [0.717, 1.165) is 10.9 Å². The van der Waals surface area contributed by atoms with Crippen LogP contribution in [0.1, 0.15) is 5.56 Å². The first-order chi connectivity index (χ1) is 12.5. The summed E-state index contributed by atoms with van der Waals surface area (Å²) >= 11 is 18.0. The molecule has 2 aromatic carbocycles. The Morgan fingerprint density at radius 2 is 1.96 bits per heavy atom. The maximum Gasteiger partial charge on any atom is 0.277 e. The number of nitrogens with one attached hydrogen (secondary N) is 1. The molecule has 0 radical (unpaired) electrons. The van der Waals surface area contributed by atoms with Gasteiger partial charge in [-0.15, -0.1) is 0 Å². The van der Waals surface area contributed by atoms with Crippen molar-refractivity contribution in [3.63, 3.8) is 0 Å². The quantitative estimate of drug-likeness (QED) is 0.377. The average molecular weight is 409 g/mol. The Morgan fingerprint density at radius 1 is 1.15 bits per heavy atom. The van der Waals surface area contributed by atoms with Crippen molar-refractivity contribution in [2.24, 2.45) is 5.10 Å². The van der Waals surface area contributed by atoms with Crippen LogP contribution >= 0.6 is 34.8 Å². The molecule has 0 bridgehead atoms. The summed E-state index contributed by atoms with van der Waals surface area (Å²) < 4.78 is 5.32. The van der Waals surface area contributed by atoms with Gasteiger partial charge >= 0.3 is 0 Å². The number of fused-ring (bicyclic) bond motifs is 1. The Morgan fingerprint density at radius 3 is 2.81 bits per heavy atom. The van der Waals surface area contributed by atoms with E-state index in [1.54, 1.807) is 18.2 Å². The average Bonchev–Trinajstić information content (AvgIpc) is 2.63. The molecule has 5 nitrogen and oxygen atoms in total. The Labute approximate surface area is 164 Å². The van der Waals surface area contributed by atoms with Crippen LogP contribution in [0.3, 0.4) is 0 Å². The van der Waals surface area contributed by atoms with Crippen LogP contribution in [0.4, 0.5) is 0 Å². The third-order valence-corrected chi connectivity index (χ3v) is 4.48. The van der Waals surface area contributed by atoms with E-state index in [1.807, 2.05) is 30.3 Å². The van der Waals surface area contributed by atoms with E-state index in [1.165, 1.54) is 6.21 Å². The molecule has 8 heteroatoms. The maximum absolute atomic E-state index is 11.8. The number of carbonyl (C=O) groups excluding carboxylic acids is 1. The number of carbonyl (C=O) groups is 1. The number of hydrogen-bond donors (Lipinski definition) is 1. The molecule has 0 spiro atoms. The third-order valence-electron chi connectivity index (χ3n) is 3.37. The van der Waals surface area contributed by atoms with Crippen molar-refractivity contribution in [1.29, 1.82) is 0 Å². The molecule has 3 rings (SSSR count). The second kappa shape index (κ2) is 8.36. The number of rotatable bonds is 5. The summed E-state index contributed by atoms with van der Waals surface area (Å²) in [5.74, 6) is -0.137. The highest BCUT2D eigenvalue weighted by Crippen LogP contribution is 2.31. The third kappa shape index (κ3) is 4.43. The van der Waals surface area contributed by atoms with Crippen LogP contribution in [0, 0.1) is 0 Å². The van der Waals surface area contributed by atoms with Gasteiger partial charge in [-0.3, -0.25) is 4.79 Å². The first-order valence-electron chi connectivity index (χ1n) is 7.48. The second-order valence-electron chi connectivity index (χ2n) is 5.19. The molecule has 0 aliphatic heterocycles. The number of pyridine rings is 1. The summed E-state index contributed by atoms with van der Waals surface area (Å²) in [6.45, 7) is -0.263. The largest absolute Gasteiger partial charge is 0.482 e. The number of para-hydroxylation sites is 1. The number of halogens is 3. The van der Waals surface area contributed by atoms with Gasteiger partial charge < -0.3 is 4.74 Å². The standard InChI is InChI=1S/C18H12Cl3N3O2/c19-13-5-3-7-15(17(13)20)26-10-16(25)24-22-9-12-8-11-4-1-2-6-14(11)23-18(12)21/h1-9H,10H2,(H,24,25)/b22-9+. The van der Waals surface area contributed by atoms with Gasteiger partial charge in [-0.1, -0.05) is 59.1 Å². The fourth-order valence-electron chi connectivity index (χ4n) is 2.14. The number of aromatic nitrogens is 1. The second-order valence-corrected chi connectivity index (χ2v) is 6.34. The van der Waals surface area contributed by atoms with Crippen LogP contribution in [0.2, 0.25) is 15.2 Å². The minimum atomic E-state index is -0.456.